The molecule has 1 saturated carbocycles. The van der Waals surface area contributed by atoms with Gasteiger partial charge in [0.15, 0.2) is 5.69 Å². The van der Waals surface area contributed by atoms with Crippen LogP contribution in [0.5, 0.6) is 0 Å². The zero-order valence-electron chi connectivity index (χ0n) is 11.9. The molecular formula is C14H19N3O4. The topological polar surface area (TPSA) is 95.7 Å². The maximum Gasteiger partial charge on any atom is 0.273 e. The monoisotopic (exact) mass is 293 g/mol. The number of nitrogens with zero attached hydrogens (tertiary/aromatic N) is 2. The Balaban J connectivity index is 1.60. The van der Waals surface area contributed by atoms with Crippen molar-refractivity contribution in [2.75, 3.05) is 19.7 Å². The Morgan fingerprint density at radius 2 is 2.24 bits per heavy atom. The molecule has 0 aromatic carbocycles. The van der Waals surface area contributed by atoms with Gasteiger partial charge in [0.05, 0.1) is 6.04 Å². The Morgan fingerprint density at radius 1 is 1.48 bits per heavy atom. The van der Waals surface area contributed by atoms with E-state index in [1.807, 2.05) is 6.92 Å². The summed E-state index contributed by atoms with van der Waals surface area (Å²) in [6.07, 6.45) is 2.18. The molecule has 2 unspecified atom stereocenters. The minimum absolute atomic E-state index is 0.130. The quantitative estimate of drug-likeness (QED) is 0.822. The van der Waals surface area contributed by atoms with E-state index in [-0.39, 0.29) is 29.5 Å². The molecule has 7 nitrogen and oxygen atoms in total. The van der Waals surface area contributed by atoms with Crippen LogP contribution in [-0.4, -0.2) is 52.7 Å². The summed E-state index contributed by atoms with van der Waals surface area (Å²) < 4.78 is 5.17. The van der Waals surface area contributed by atoms with Crippen LogP contribution in [0.1, 0.15) is 41.9 Å². The van der Waals surface area contributed by atoms with Crippen LogP contribution >= 0.6 is 0 Å². The number of hydrogen-bond donors (Lipinski definition) is 2. The molecule has 1 saturated heterocycles. The van der Waals surface area contributed by atoms with Gasteiger partial charge in [0.1, 0.15) is 12.4 Å². The molecular weight excluding hydrogens is 274 g/mol. The van der Waals surface area contributed by atoms with Crippen molar-refractivity contribution in [1.29, 1.82) is 0 Å². The van der Waals surface area contributed by atoms with Gasteiger partial charge in [-0.15, -0.1) is 0 Å². The first kappa shape index (κ1) is 14.1. The Hall–Kier alpha value is -1.89. The van der Waals surface area contributed by atoms with E-state index < -0.39 is 6.61 Å². The van der Waals surface area contributed by atoms with Crippen molar-refractivity contribution in [1.82, 2.24) is 15.4 Å². The third-order valence-electron chi connectivity index (χ3n) is 4.16. The van der Waals surface area contributed by atoms with Crippen molar-refractivity contribution in [3.8, 4) is 0 Å². The van der Waals surface area contributed by atoms with Gasteiger partial charge in [-0.05, 0) is 18.8 Å². The zero-order chi connectivity index (χ0) is 15.0. The summed E-state index contributed by atoms with van der Waals surface area (Å²) in [6, 6.07) is 1.57. The van der Waals surface area contributed by atoms with Crippen LogP contribution in [0.15, 0.2) is 10.6 Å². The van der Waals surface area contributed by atoms with Crippen LogP contribution in [-0.2, 0) is 4.79 Å². The number of nitrogens with one attached hydrogen (secondary N) is 1. The number of hydrogen-bond acceptors (Lipinski definition) is 5. The highest BCUT2D eigenvalue weighted by atomic mass is 16.5. The van der Waals surface area contributed by atoms with Crippen LogP contribution in [0.4, 0.5) is 0 Å². The second-order valence-corrected chi connectivity index (χ2v) is 5.90. The largest absolute Gasteiger partial charge is 0.387 e. The molecule has 0 spiro atoms. The number of aliphatic hydroxyl groups excluding tert-OH is 1. The van der Waals surface area contributed by atoms with Gasteiger partial charge in [-0.25, -0.2) is 0 Å². The normalized spacial score (nSPS) is 25.1. The van der Waals surface area contributed by atoms with Crippen LogP contribution in [0.3, 0.4) is 0 Å². The first-order valence-electron chi connectivity index (χ1n) is 7.24. The van der Waals surface area contributed by atoms with E-state index in [9.17, 15) is 9.59 Å². The molecule has 1 aromatic heterocycles. The lowest BCUT2D eigenvalue weighted by atomic mass is 10.1. The van der Waals surface area contributed by atoms with E-state index in [2.05, 4.69) is 10.5 Å². The Bertz CT molecular complexity index is 552. The van der Waals surface area contributed by atoms with Crippen LogP contribution in [0.2, 0.25) is 0 Å². The molecule has 0 radical (unpaired) electrons. The summed E-state index contributed by atoms with van der Waals surface area (Å²) in [5.41, 5.74) is 0.288. The van der Waals surface area contributed by atoms with Gasteiger partial charge >= 0.3 is 0 Å². The van der Waals surface area contributed by atoms with Gasteiger partial charge in [-0.3, -0.25) is 9.59 Å². The van der Waals surface area contributed by atoms with E-state index in [1.165, 1.54) is 0 Å². The van der Waals surface area contributed by atoms with Gasteiger partial charge in [0, 0.05) is 25.1 Å². The van der Waals surface area contributed by atoms with Crippen LogP contribution in [0, 0.1) is 5.92 Å². The highest BCUT2D eigenvalue weighted by molar-refractivity contribution is 5.92. The molecule has 2 N–H and O–H groups in total. The first-order valence-corrected chi connectivity index (χ1v) is 7.24. The number of carbonyl (C=O) groups excluding carboxylic acids is 2. The summed E-state index contributed by atoms with van der Waals surface area (Å²) in [5, 5.41) is 15.6. The molecule has 1 aliphatic carbocycles. The Labute approximate surface area is 122 Å². The fourth-order valence-electron chi connectivity index (χ4n) is 2.66. The maximum absolute atomic E-state index is 12.2. The molecule has 21 heavy (non-hydrogen) atoms. The first-order chi connectivity index (χ1) is 10.1. The Morgan fingerprint density at radius 3 is 2.90 bits per heavy atom. The van der Waals surface area contributed by atoms with Gasteiger partial charge in [-0.2, -0.15) is 0 Å². The zero-order valence-corrected chi connectivity index (χ0v) is 11.9. The average Bonchev–Trinajstić information content (AvgIpc) is 3.09. The third-order valence-corrected chi connectivity index (χ3v) is 4.16. The predicted octanol–water partition coefficient (Wildman–Crippen LogP) is 0.121. The Kier molecular flexibility index (Phi) is 3.67. The van der Waals surface area contributed by atoms with E-state index >= 15 is 0 Å². The third kappa shape index (κ3) is 2.92. The van der Waals surface area contributed by atoms with Crippen molar-refractivity contribution >= 4 is 11.8 Å². The van der Waals surface area contributed by atoms with Crippen molar-refractivity contribution in [2.24, 2.45) is 5.92 Å². The van der Waals surface area contributed by atoms with Gasteiger partial charge in [0.2, 0.25) is 5.91 Å². The number of rotatable bonds is 4. The molecule has 3 rings (SSSR count). The summed E-state index contributed by atoms with van der Waals surface area (Å²) in [7, 11) is 0. The number of aromatic nitrogens is 1. The lowest BCUT2D eigenvalue weighted by molar-refractivity contribution is -0.133. The molecule has 7 heteroatoms. The lowest BCUT2D eigenvalue weighted by Gasteiger charge is -2.15. The minimum atomic E-state index is -0.499. The molecule has 1 aromatic rings. The summed E-state index contributed by atoms with van der Waals surface area (Å²) in [4.78, 5) is 25.2. The van der Waals surface area contributed by atoms with E-state index in [4.69, 9.17) is 9.63 Å². The smallest absolute Gasteiger partial charge is 0.273 e. The number of aliphatic hydroxyl groups is 1. The average molecular weight is 293 g/mol. The van der Waals surface area contributed by atoms with E-state index in [0.717, 1.165) is 18.6 Å². The highest BCUT2D eigenvalue weighted by Crippen LogP contribution is 2.40. The predicted molar refractivity (Wildman–Crippen MR) is 72.6 cm³/mol. The molecule has 0 bridgehead atoms. The number of likely N-dealkylation sites (tertiary alicyclic amines) is 1. The second kappa shape index (κ2) is 5.48. The SMILES string of the molecule is CC1CN(C(=O)CO)CC1NC(=O)c1cc(C2CC2)on1. The van der Waals surface area contributed by atoms with Crippen molar-refractivity contribution in [2.45, 2.75) is 31.7 Å². The molecule has 1 aliphatic heterocycles. The van der Waals surface area contributed by atoms with Crippen molar-refractivity contribution in [3.63, 3.8) is 0 Å². The molecule has 2 amide bonds. The molecule has 2 aliphatic rings. The van der Waals surface area contributed by atoms with E-state index in [1.54, 1.807) is 11.0 Å². The van der Waals surface area contributed by atoms with Crippen molar-refractivity contribution < 1.29 is 19.2 Å². The molecule has 2 fully saturated rings. The number of carbonyl (C=O) groups is 2. The fourth-order valence-corrected chi connectivity index (χ4v) is 2.66. The summed E-state index contributed by atoms with van der Waals surface area (Å²) in [5.74, 6) is 0.745. The number of amides is 2. The second-order valence-electron chi connectivity index (χ2n) is 5.90. The highest BCUT2D eigenvalue weighted by Gasteiger charge is 2.34. The molecule has 114 valence electrons. The minimum Gasteiger partial charge on any atom is -0.387 e. The summed E-state index contributed by atoms with van der Waals surface area (Å²) in [6.45, 7) is 2.42. The van der Waals surface area contributed by atoms with Gasteiger partial charge < -0.3 is 19.8 Å². The van der Waals surface area contributed by atoms with Gasteiger partial charge in [0.25, 0.3) is 5.91 Å². The van der Waals surface area contributed by atoms with Crippen LogP contribution in [0.25, 0.3) is 0 Å². The van der Waals surface area contributed by atoms with Crippen molar-refractivity contribution in [3.05, 3.63) is 17.5 Å². The fraction of sp³-hybridized carbons (Fsp3) is 0.643. The lowest BCUT2D eigenvalue weighted by Crippen LogP contribution is -2.41. The molecule has 2 atom stereocenters. The maximum atomic E-state index is 12.2. The van der Waals surface area contributed by atoms with Gasteiger partial charge in [-0.1, -0.05) is 12.1 Å². The summed E-state index contributed by atoms with van der Waals surface area (Å²) >= 11 is 0. The molecule has 2 heterocycles. The van der Waals surface area contributed by atoms with Crippen LogP contribution < -0.4 is 5.32 Å². The van der Waals surface area contributed by atoms with E-state index in [0.29, 0.717) is 19.0 Å². The standard InChI is InChI=1S/C14H19N3O4/c1-8-5-17(13(19)7-18)6-11(8)15-14(20)10-4-12(21-16-10)9-2-3-9/h4,8-9,11,18H,2-3,5-7H2,1H3,(H,15,20).